The van der Waals surface area contributed by atoms with Crippen LogP contribution in [-0.4, -0.2) is 31.8 Å². The first-order valence-corrected chi connectivity index (χ1v) is 6.30. The number of rotatable bonds is 9. The fourth-order valence-corrected chi connectivity index (χ4v) is 1.47. The molecule has 1 aromatic heterocycles. The summed E-state index contributed by atoms with van der Waals surface area (Å²) in [5, 5.41) is 6.59. The molecular formula is C13H23N3O. The third kappa shape index (κ3) is 6.12. The summed E-state index contributed by atoms with van der Waals surface area (Å²) in [6.07, 6.45) is 3.29. The summed E-state index contributed by atoms with van der Waals surface area (Å²) < 4.78 is 5.00. The predicted octanol–water partition coefficient (Wildman–Crippen LogP) is 2.74. The number of aromatic nitrogens is 1. The maximum atomic E-state index is 5.00. The van der Waals surface area contributed by atoms with Crippen molar-refractivity contribution in [3.05, 3.63) is 18.2 Å². The first-order valence-electron chi connectivity index (χ1n) is 6.30. The zero-order chi connectivity index (χ0) is 12.3. The van der Waals surface area contributed by atoms with Gasteiger partial charge in [0, 0.05) is 26.8 Å². The fraction of sp³-hybridized carbons (Fsp3) is 0.615. The van der Waals surface area contributed by atoms with Crippen LogP contribution < -0.4 is 10.6 Å². The van der Waals surface area contributed by atoms with E-state index < -0.39 is 0 Å². The van der Waals surface area contributed by atoms with Crippen LogP contribution in [0.5, 0.6) is 0 Å². The molecule has 4 heteroatoms. The van der Waals surface area contributed by atoms with E-state index >= 15 is 0 Å². The molecule has 0 aromatic carbocycles. The molecule has 0 atom stereocenters. The minimum absolute atomic E-state index is 0.827. The number of methoxy groups -OCH3 is 1. The highest BCUT2D eigenvalue weighted by Gasteiger charge is 1.96. The molecule has 1 aromatic rings. The van der Waals surface area contributed by atoms with Crippen molar-refractivity contribution in [2.75, 3.05) is 37.4 Å². The number of nitrogens with zero attached hydrogens (tertiary/aromatic N) is 1. The molecule has 0 unspecified atom stereocenters. The second kappa shape index (κ2) is 8.82. The van der Waals surface area contributed by atoms with Crippen molar-refractivity contribution < 1.29 is 4.74 Å². The Morgan fingerprint density at radius 2 is 1.82 bits per heavy atom. The molecule has 0 aliphatic heterocycles. The Bertz CT molecular complexity index is 304. The van der Waals surface area contributed by atoms with E-state index in [1.54, 1.807) is 7.11 Å². The summed E-state index contributed by atoms with van der Waals surface area (Å²) >= 11 is 0. The lowest BCUT2D eigenvalue weighted by Crippen LogP contribution is -2.07. The number of hydrogen-bond donors (Lipinski definition) is 2. The summed E-state index contributed by atoms with van der Waals surface area (Å²) in [5.74, 6) is 1.87. The number of pyridine rings is 1. The zero-order valence-corrected chi connectivity index (χ0v) is 10.8. The molecule has 1 rings (SSSR count). The van der Waals surface area contributed by atoms with E-state index in [-0.39, 0.29) is 0 Å². The smallest absolute Gasteiger partial charge is 0.128 e. The maximum absolute atomic E-state index is 5.00. The Kier molecular flexibility index (Phi) is 7.14. The van der Waals surface area contributed by atoms with Gasteiger partial charge in [-0.25, -0.2) is 4.98 Å². The Morgan fingerprint density at radius 3 is 2.47 bits per heavy atom. The monoisotopic (exact) mass is 237 g/mol. The van der Waals surface area contributed by atoms with Gasteiger partial charge in [-0.05, 0) is 31.4 Å². The lowest BCUT2D eigenvalue weighted by Gasteiger charge is -2.08. The molecule has 17 heavy (non-hydrogen) atoms. The lowest BCUT2D eigenvalue weighted by atomic mass is 10.3. The van der Waals surface area contributed by atoms with Crippen molar-refractivity contribution in [2.45, 2.75) is 26.2 Å². The van der Waals surface area contributed by atoms with Gasteiger partial charge in [-0.2, -0.15) is 0 Å². The molecule has 2 N–H and O–H groups in total. The van der Waals surface area contributed by atoms with E-state index in [1.165, 1.54) is 0 Å². The van der Waals surface area contributed by atoms with E-state index in [0.29, 0.717) is 0 Å². The van der Waals surface area contributed by atoms with Crippen molar-refractivity contribution in [3.63, 3.8) is 0 Å². The Balaban J connectivity index is 2.27. The van der Waals surface area contributed by atoms with Gasteiger partial charge in [-0.15, -0.1) is 0 Å². The average molecular weight is 237 g/mol. The van der Waals surface area contributed by atoms with Crippen molar-refractivity contribution in [1.82, 2.24) is 4.98 Å². The standard InChI is InChI=1S/C13H23N3O/c1-3-9-14-12-7-6-8-13(16-12)15-10-4-5-11-17-2/h6-8H,3-5,9-11H2,1-2H3,(H2,14,15,16). The maximum Gasteiger partial charge on any atom is 0.128 e. The molecule has 0 saturated heterocycles. The lowest BCUT2D eigenvalue weighted by molar-refractivity contribution is 0.194. The molecule has 0 fully saturated rings. The Hall–Kier alpha value is -1.29. The number of ether oxygens (including phenoxy) is 1. The van der Waals surface area contributed by atoms with Crippen LogP contribution in [0.3, 0.4) is 0 Å². The highest BCUT2D eigenvalue weighted by molar-refractivity contribution is 5.44. The van der Waals surface area contributed by atoms with Crippen LogP contribution in [0.4, 0.5) is 11.6 Å². The molecular weight excluding hydrogens is 214 g/mol. The second-order valence-electron chi connectivity index (χ2n) is 3.96. The number of unbranched alkanes of at least 4 members (excludes halogenated alkanes) is 1. The Labute approximate surface area is 104 Å². The third-order valence-electron chi connectivity index (χ3n) is 2.39. The Morgan fingerprint density at radius 1 is 1.12 bits per heavy atom. The third-order valence-corrected chi connectivity index (χ3v) is 2.39. The first-order chi connectivity index (χ1) is 8.36. The van der Waals surface area contributed by atoms with Gasteiger partial charge >= 0.3 is 0 Å². The van der Waals surface area contributed by atoms with Gasteiger partial charge in [0.1, 0.15) is 11.6 Å². The first kappa shape index (κ1) is 13.8. The highest BCUT2D eigenvalue weighted by Crippen LogP contribution is 2.09. The average Bonchev–Trinajstić information content (AvgIpc) is 2.37. The van der Waals surface area contributed by atoms with Crippen molar-refractivity contribution in [3.8, 4) is 0 Å². The van der Waals surface area contributed by atoms with E-state index in [0.717, 1.165) is 50.6 Å². The fourth-order valence-electron chi connectivity index (χ4n) is 1.47. The van der Waals surface area contributed by atoms with Gasteiger partial charge in [0.15, 0.2) is 0 Å². The number of anilines is 2. The zero-order valence-electron chi connectivity index (χ0n) is 10.8. The van der Waals surface area contributed by atoms with E-state index in [4.69, 9.17) is 4.74 Å². The topological polar surface area (TPSA) is 46.2 Å². The SMILES string of the molecule is CCCNc1cccc(NCCCCOC)n1. The molecule has 0 saturated carbocycles. The minimum atomic E-state index is 0.827. The normalized spacial score (nSPS) is 10.2. The van der Waals surface area contributed by atoms with Crippen molar-refractivity contribution in [1.29, 1.82) is 0 Å². The van der Waals surface area contributed by atoms with Crippen LogP contribution in [0.1, 0.15) is 26.2 Å². The number of nitrogens with one attached hydrogen (secondary N) is 2. The summed E-state index contributed by atoms with van der Waals surface area (Å²) in [4.78, 5) is 4.47. The molecule has 0 spiro atoms. The molecule has 96 valence electrons. The number of hydrogen-bond acceptors (Lipinski definition) is 4. The second-order valence-corrected chi connectivity index (χ2v) is 3.96. The van der Waals surface area contributed by atoms with Crippen LogP contribution in [0, 0.1) is 0 Å². The highest BCUT2D eigenvalue weighted by atomic mass is 16.5. The molecule has 4 nitrogen and oxygen atoms in total. The molecule has 0 aliphatic carbocycles. The van der Waals surface area contributed by atoms with Gasteiger partial charge in [0.25, 0.3) is 0 Å². The quantitative estimate of drug-likeness (QED) is 0.648. The van der Waals surface area contributed by atoms with Crippen LogP contribution in [0.25, 0.3) is 0 Å². The van der Waals surface area contributed by atoms with Crippen LogP contribution in [0.2, 0.25) is 0 Å². The van der Waals surface area contributed by atoms with Gasteiger partial charge < -0.3 is 15.4 Å². The van der Waals surface area contributed by atoms with Crippen LogP contribution >= 0.6 is 0 Å². The molecule has 0 amide bonds. The van der Waals surface area contributed by atoms with E-state index in [9.17, 15) is 0 Å². The largest absolute Gasteiger partial charge is 0.385 e. The molecule has 0 bridgehead atoms. The van der Waals surface area contributed by atoms with Crippen molar-refractivity contribution >= 4 is 11.6 Å². The predicted molar refractivity (Wildman–Crippen MR) is 72.6 cm³/mol. The van der Waals surface area contributed by atoms with Gasteiger partial charge in [-0.3, -0.25) is 0 Å². The van der Waals surface area contributed by atoms with Gasteiger partial charge in [-0.1, -0.05) is 13.0 Å². The van der Waals surface area contributed by atoms with Crippen LogP contribution in [-0.2, 0) is 4.74 Å². The minimum Gasteiger partial charge on any atom is -0.385 e. The molecule has 0 aliphatic rings. The summed E-state index contributed by atoms with van der Waals surface area (Å²) in [7, 11) is 1.73. The summed E-state index contributed by atoms with van der Waals surface area (Å²) in [6, 6.07) is 6.00. The van der Waals surface area contributed by atoms with Gasteiger partial charge in [0.2, 0.25) is 0 Å². The summed E-state index contributed by atoms with van der Waals surface area (Å²) in [6.45, 7) is 4.87. The summed E-state index contributed by atoms with van der Waals surface area (Å²) in [5.41, 5.74) is 0. The molecule has 1 heterocycles. The van der Waals surface area contributed by atoms with E-state index in [2.05, 4.69) is 22.5 Å². The molecule has 0 radical (unpaired) electrons. The van der Waals surface area contributed by atoms with Crippen molar-refractivity contribution in [2.24, 2.45) is 0 Å². The van der Waals surface area contributed by atoms with Gasteiger partial charge in [0.05, 0.1) is 0 Å². The van der Waals surface area contributed by atoms with Crippen LogP contribution in [0.15, 0.2) is 18.2 Å². The van der Waals surface area contributed by atoms with E-state index in [1.807, 2.05) is 18.2 Å².